The Morgan fingerprint density at radius 3 is 2.58 bits per heavy atom. The molecule has 2 heterocycles. The van der Waals surface area contributed by atoms with Crippen molar-refractivity contribution in [3.63, 3.8) is 0 Å². The van der Waals surface area contributed by atoms with E-state index in [1.54, 1.807) is 7.11 Å². The SMILES string of the molecule is CCn1c(Br)nc2c(N)nc(NC(C)c3ccc(OC)cc3)nc21. The largest absolute Gasteiger partial charge is 0.497 e. The number of imidazole rings is 1. The second kappa shape index (κ2) is 6.64. The number of fused-ring (bicyclic) bond motifs is 1. The summed E-state index contributed by atoms with van der Waals surface area (Å²) >= 11 is 3.43. The molecule has 0 aliphatic rings. The molecular weight excluding hydrogens is 372 g/mol. The van der Waals surface area contributed by atoms with E-state index in [4.69, 9.17) is 10.5 Å². The Kier molecular flexibility index (Phi) is 4.57. The van der Waals surface area contributed by atoms with Crippen LogP contribution in [0.15, 0.2) is 29.0 Å². The predicted molar refractivity (Wildman–Crippen MR) is 98.1 cm³/mol. The number of hydrogen-bond donors (Lipinski definition) is 2. The zero-order valence-electron chi connectivity index (χ0n) is 13.7. The van der Waals surface area contributed by atoms with Crippen molar-refractivity contribution >= 4 is 38.9 Å². The second-order valence-electron chi connectivity index (χ2n) is 5.37. The maximum atomic E-state index is 6.04. The summed E-state index contributed by atoms with van der Waals surface area (Å²) in [5.74, 6) is 1.66. The van der Waals surface area contributed by atoms with Crippen molar-refractivity contribution in [1.29, 1.82) is 0 Å². The van der Waals surface area contributed by atoms with Crippen LogP contribution in [0.5, 0.6) is 5.75 Å². The molecule has 0 radical (unpaired) electrons. The highest BCUT2D eigenvalue weighted by molar-refractivity contribution is 9.10. The van der Waals surface area contributed by atoms with E-state index < -0.39 is 0 Å². The summed E-state index contributed by atoms with van der Waals surface area (Å²) < 4.78 is 7.82. The van der Waals surface area contributed by atoms with Gasteiger partial charge in [0.2, 0.25) is 5.95 Å². The first-order valence-corrected chi connectivity index (χ1v) is 8.42. The highest BCUT2D eigenvalue weighted by Gasteiger charge is 2.15. The summed E-state index contributed by atoms with van der Waals surface area (Å²) in [6, 6.07) is 7.88. The Labute approximate surface area is 148 Å². The molecule has 0 fully saturated rings. The standard InChI is InChI=1S/C16H19BrN6O/c1-4-23-14-12(20-15(23)17)13(18)21-16(22-14)19-9(2)10-5-7-11(24-3)8-6-10/h5-9H,4H2,1-3H3,(H3,18,19,21,22). The highest BCUT2D eigenvalue weighted by Crippen LogP contribution is 2.25. The third-order valence-corrected chi connectivity index (χ3v) is 4.46. The summed E-state index contributed by atoms with van der Waals surface area (Å²) in [6.07, 6.45) is 0. The van der Waals surface area contributed by atoms with E-state index in [0.717, 1.165) is 17.9 Å². The highest BCUT2D eigenvalue weighted by atomic mass is 79.9. The van der Waals surface area contributed by atoms with Crippen LogP contribution in [-0.2, 0) is 6.54 Å². The number of nitrogens with two attached hydrogens (primary N) is 1. The molecule has 0 saturated heterocycles. The fourth-order valence-electron chi connectivity index (χ4n) is 2.51. The smallest absolute Gasteiger partial charge is 0.227 e. The number of methoxy groups -OCH3 is 1. The average molecular weight is 391 g/mol. The maximum Gasteiger partial charge on any atom is 0.227 e. The average Bonchev–Trinajstić information content (AvgIpc) is 2.90. The van der Waals surface area contributed by atoms with Crippen molar-refractivity contribution in [2.75, 3.05) is 18.2 Å². The minimum absolute atomic E-state index is 0.0224. The number of nitrogen functional groups attached to an aromatic ring is 1. The molecule has 7 nitrogen and oxygen atoms in total. The molecule has 3 rings (SSSR count). The zero-order chi connectivity index (χ0) is 17.3. The summed E-state index contributed by atoms with van der Waals surface area (Å²) in [5, 5.41) is 3.29. The summed E-state index contributed by atoms with van der Waals surface area (Å²) in [6.45, 7) is 4.80. The van der Waals surface area contributed by atoms with Crippen molar-refractivity contribution in [3.8, 4) is 5.75 Å². The number of nitrogens with zero attached hydrogens (tertiary/aromatic N) is 4. The van der Waals surface area contributed by atoms with Gasteiger partial charge in [-0.25, -0.2) is 4.98 Å². The molecule has 3 aromatic rings. The van der Waals surface area contributed by atoms with Crippen molar-refractivity contribution < 1.29 is 4.74 Å². The first-order chi connectivity index (χ1) is 11.5. The molecule has 0 amide bonds. The zero-order valence-corrected chi connectivity index (χ0v) is 15.3. The van der Waals surface area contributed by atoms with Crippen molar-refractivity contribution in [2.45, 2.75) is 26.4 Å². The van der Waals surface area contributed by atoms with Crippen molar-refractivity contribution in [2.24, 2.45) is 0 Å². The Balaban J connectivity index is 1.91. The van der Waals surface area contributed by atoms with Crippen LogP contribution in [0.25, 0.3) is 11.2 Å². The number of ether oxygens (including phenoxy) is 1. The van der Waals surface area contributed by atoms with Gasteiger partial charge in [0.25, 0.3) is 0 Å². The third-order valence-electron chi connectivity index (χ3n) is 3.85. The van der Waals surface area contributed by atoms with Gasteiger partial charge in [-0.1, -0.05) is 12.1 Å². The van der Waals surface area contributed by atoms with Gasteiger partial charge in [-0.05, 0) is 47.5 Å². The monoisotopic (exact) mass is 390 g/mol. The van der Waals surface area contributed by atoms with Gasteiger partial charge in [-0.15, -0.1) is 0 Å². The lowest BCUT2D eigenvalue weighted by Gasteiger charge is -2.15. The van der Waals surface area contributed by atoms with E-state index in [2.05, 4.69) is 36.2 Å². The van der Waals surface area contributed by atoms with Crippen molar-refractivity contribution in [1.82, 2.24) is 19.5 Å². The first kappa shape index (κ1) is 16.5. The van der Waals surface area contributed by atoms with Gasteiger partial charge in [-0.3, -0.25) is 0 Å². The van der Waals surface area contributed by atoms with Crippen LogP contribution >= 0.6 is 15.9 Å². The number of anilines is 2. The van der Waals surface area contributed by atoms with Crippen LogP contribution in [0.2, 0.25) is 0 Å². The lowest BCUT2D eigenvalue weighted by atomic mass is 10.1. The van der Waals surface area contributed by atoms with E-state index in [0.29, 0.717) is 27.7 Å². The molecule has 1 atom stereocenters. The molecule has 0 aliphatic carbocycles. The Bertz CT molecular complexity index is 861. The van der Waals surface area contributed by atoms with E-state index in [1.165, 1.54) is 0 Å². The van der Waals surface area contributed by atoms with Gasteiger partial charge >= 0.3 is 0 Å². The van der Waals surface area contributed by atoms with Gasteiger partial charge in [0, 0.05) is 6.54 Å². The normalized spacial score (nSPS) is 12.3. The fraction of sp³-hybridized carbons (Fsp3) is 0.312. The fourth-order valence-corrected chi connectivity index (χ4v) is 3.11. The van der Waals surface area contributed by atoms with Gasteiger partial charge < -0.3 is 20.4 Å². The molecule has 0 bridgehead atoms. The molecule has 126 valence electrons. The van der Waals surface area contributed by atoms with Crippen LogP contribution in [0, 0.1) is 0 Å². The minimum atomic E-state index is 0.0224. The van der Waals surface area contributed by atoms with Crippen LogP contribution in [0.3, 0.4) is 0 Å². The van der Waals surface area contributed by atoms with Crippen LogP contribution in [-0.4, -0.2) is 26.6 Å². The van der Waals surface area contributed by atoms with Gasteiger partial charge in [0.15, 0.2) is 21.7 Å². The van der Waals surface area contributed by atoms with Crippen LogP contribution in [0.1, 0.15) is 25.5 Å². The molecule has 24 heavy (non-hydrogen) atoms. The molecule has 2 aromatic heterocycles. The Hall–Kier alpha value is -2.35. The van der Waals surface area contributed by atoms with Crippen LogP contribution < -0.4 is 15.8 Å². The summed E-state index contributed by atoms with van der Waals surface area (Å²) in [7, 11) is 1.65. The molecule has 8 heteroatoms. The minimum Gasteiger partial charge on any atom is -0.497 e. The number of rotatable bonds is 5. The van der Waals surface area contributed by atoms with Gasteiger partial charge in [0.1, 0.15) is 5.75 Å². The number of aromatic nitrogens is 4. The topological polar surface area (TPSA) is 90.9 Å². The number of hydrogen-bond acceptors (Lipinski definition) is 6. The lowest BCUT2D eigenvalue weighted by Crippen LogP contribution is -2.11. The molecule has 3 N–H and O–H groups in total. The Morgan fingerprint density at radius 2 is 1.96 bits per heavy atom. The number of aryl methyl sites for hydroxylation is 1. The van der Waals surface area contributed by atoms with E-state index in [9.17, 15) is 0 Å². The molecular formula is C16H19BrN6O. The van der Waals surface area contributed by atoms with E-state index in [1.807, 2.05) is 42.7 Å². The molecule has 0 spiro atoms. The molecule has 1 aromatic carbocycles. The number of benzene rings is 1. The molecule has 0 saturated carbocycles. The summed E-state index contributed by atoms with van der Waals surface area (Å²) in [4.78, 5) is 13.3. The number of nitrogens with one attached hydrogen (secondary N) is 1. The van der Waals surface area contributed by atoms with Gasteiger partial charge in [0.05, 0.1) is 13.2 Å². The van der Waals surface area contributed by atoms with Crippen molar-refractivity contribution in [3.05, 3.63) is 34.6 Å². The maximum absolute atomic E-state index is 6.04. The number of halogens is 1. The quantitative estimate of drug-likeness (QED) is 0.648. The first-order valence-electron chi connectivity index (χ1n) is 7.63. The lowest BCUT2D eigenvalue weighted by molar-refractivity contribution is 0.414. The van der Waals surface area contributed by atoms with E-state index in [-0.39, 0.29) is 6.04 Å². The molecule has 1 unspecified atom stereocenters. The van der Waals surface area contributed by atoms with E-state index >= 15 is 0 Å². The Morgan fingerprint density at radius 1 is 1.25 bits per heavy atom. The second-order valence-corrected chi connectivity index (χ2v) is 6.08. The third kappa shape index (κ3) is 3.01. The van der Waals surface area contributed by atoms with Gasteiger partial charge in [-0.2, -0.15) is 9.97 Å². The predicted octanol–water partition coefficient (Wildman–Crippen LogP) is 3.37. The molecule has 0 aliphatic heterocycles. The summed E-state index contributed by atoms with van der Waals surface area (Å²) in [5.41, 5.74) is 8.45. The van der Waals surface area contributed by atoms with Crippen LogP contribution in [0.4, 0.5) is 11.8 Å².